The van der Waals surface area contributed by atoms with E-state index < -0.39 is 0 Å². The Morgan fingerprint density at radius 3 is 2.39 bits per heavy atom. The lowest BCUT2D eigenvalue weighted by molar-refractivity contribution is -0.0333. The van der Waals surface area contributed by atoms with Crippen LogP contribution in [-0.4, -0.2) is 0 Å². The summed E-state index contributed by atoms with van der Waals surface area (Å²) in [7, 11) is 0. The number of terminal acetylenes is 1. The van der Waals surface area contributed by atoms with Crippen LogP contribution in [0.5, 0.6) is 0 Å². The zero-order valence-corrected chi connectivity index (χ0v) is 19.4. The normalized spacial score (nSPS) is 44.0. The van der Waals surface area contributed by atoms with Gasteiger partial charge in [0.05, 0.1) is 0 Å². The molecule has 0 N–H and O–H groups in total. The Morgan fingerprint density at radius 2 is 1.79 bits per heavy atom. The van der Waals surface area contributed by atoms with Crippen LogP contribution in [0.1, 0.15) is 92.9 Å². The van der Waals surface area contributed by atoms with E-state index >= 15 is 0 Å². The van der Waals surface area contributed by atoms with E-state index in [2.05, 4.69) is 52.7 Å². The maximum Gasteiger partial charge on any atom is 0.00576 e. The summed E-state index contributed by atoms with van der Waals surface area (Å²) < 4.78 is 0. The molecular formula is C28H44. The largest absolute Gasteiger partial charge is 0.120 e. The van der Waals surface area contributed by atoms with E-state index in [1.54, 1.807) is 11.1 Å². The van der Waals surface area contributed by atoms with Crippen molar-refractivity contribution in [1.82, 2.24) is 0 Å². The number of rotatable bonds is 2. The molecule has 4 aliphatic carbocycles. The molecule has 0 aliphatic heterocycles. The van der Waals surface area contributed by atoms with Gasteiger partial charge in [-0.3, -0.25) is 0 Å². The van der Waals surface area contributed by atoms with Crippen LogP contribution in [0.15, 0.2) is 23.3 Å². The summed E-state index contributed by atoms with van der Waals surface area (Å²) in [5, 5.41) is 0. The Bertz CT molecular complexity index is 643. The van der Waals surface area contributed by atoms with Gasteiger partial charge in [0.15, 0.2) is 0 Å². The molecule has 7 unspecified atom stereocenters. The molecule has 0 heteroatoms. The van der Waals surface area contributed by atoms with Gasteiger partial charge in [-0.1, -0.05) is 59.3 Å². The van der Waals surface area contributed by atoms with Gasteiger partial charge in [0.2, 0.25) is 0 Å². The highest BCUT2D eigenvalue weighted by Crippen LogP contribution is 2.67. The fraction of sp³-hybridized carbons (Fsp3) is 0.786. The summed E-state index contributed by atoms with van der Waals surface area (Å²) in [5.41, 5.74) is 4.09. The van der Waals surface area contributed by atoms with Crippen LogP contribution in [-0.2, 0) is 0 Å². The van der Waals surface area contributed by atoms with E-state index in [0.29, 0.717) is 5.41 Å². The standard InChI is InChI=1S/C24H38.C4H6/c1-6-18-8-10-20-19(14-18)9-11-22-21(20)12-13-24(7-2)17(5)15(3)16(4)23(22)24;1-3-4-2/h9,14-17,20-23H,6-8,10-13H2,1-5H3;1H,4H2,2H3/t15?,16-,17?,20?,21?,22?,23?,24?;/m1./s1. The maximum absolute atomic E-state index is 4.78. The Labute approximate surface area is 175 Å². The molecule has 4 aliphatic rings. The van der Waals surface area contributed by atoms with Crippen molar-refractivity contribution in [2.75, 3.05) is 0 Å². The monoisotopic (exact) mass is 380 g/mol. The highest BCUT2D eigenvalue weighted by Gasteiger charge is 2.60. The van der Waals surface area contributed by atoms with Crippen LogP contribution in [0.4, 0.5) is 0 Å². The molecule has 2 fully saturated rings. The maximum atomic E-state index is 4.78. The van der Waals surface area contributed by atoms with E-state index in [4.69, 9.17) is 6.42 Å². The van der Waals surface area contributed by atoms with Crippen molar-refractivity contribution < 1.29 is 0 Å². The number of allylic oxidation sites excluding steroid dienone is 4. The lowest BCUT2D eigenvalue weighted by atomic mass is 9.50. The molecule has 0 radical (unpaired) electrons. The predicted molar refractivity (Wildman–Crippen MR) is 123 cm³/mol. The van der Waals surface area contributed by atoms with Crippen molar-refractivity contribution in [1.29, 1.82) is 0 Å². The van der Waals surface area contributed by atoms with Crippen molar-refractivity contribution in [2.45, 2.75) is 92.9 Å². The molecule has 0 aromatic rings. The molecule has 0 heterocycles. The summed E-state index contributed by atoms with van der Waals surface area (Å²) in [6.07, 6.45) is 20.8. The number of hydrogen-bond acceptors (Lipinski definition) is 0. The van der Waals surface area contributed by atoms with Crippen molar-refractivity contribution in [3.63, 3.8) is 0 Å². The van der Waals surface area contributed by atoms with Gasteiger partial charge < -0.3 is 0 Å². The van der Waals surface area contributed by atoms with Gasteiger partial charge in [-0.25, -0.2) is 0 Å². The fourth-order valence-corrected chi connectivity index (χ4v) is 7.96. The third kappa shape index (κ3) is 3.42. The zero-order chi connectivity index (χ0) is 20.5. The first-order valence-electron chi connectivity index (χ1n) is 12.3. The minimum absolute atomic E-state index is 0.657. The third-order valence-electron chi connectivity index (χ3n) is 9.74. The smallest absolute Gasteiger partial charge is 0.00576 e. The van der Waals surface area contributed by atoms with Crippen LogP contribution in [0.3, 0.4) is 0 Å². The van der Waals surface area contributed by atoms with Crippen LogP contribution < -0.4 is 0 Å². The Balaban J connectivity index is 0.000000516. The van der Waals surface area contributed by atoms with Crippen LogP contribution in [0.25, 0.3) is 0 Å². The van der Waals surface area contributed by atoms with Gasteiger partial charge in [0.25, 0.3) is 0 Å². The molecule has 0 amide bonds. The summed E-state index contributed by atoms with van der Waals surface area (Å²) in [4.78, 5) is 0. The van der Waals surface area contributed by atoms with Gasteiger partial charge in [0.1, 0.15) is 0 Å². The summed E-state index contributed by atoms with van der Waals surface area (Å²) >= 11 is 0. The lowest BCUT2D eigenvalue weighted by Crippen LogP contribution is -2.47. The molecule has 156 valence electrons. The second kappa shape index (κ2) is 8.81. The van der Waals surface area contributed by atoms with E-state index in [9.17, 15) is 0 Å². The SMILES string of the molecule is C#CCC.CCC1=CC2=CCC3C(CCC4(CC)C(C)C(C)[C@@H](C)C34)C2CC1. The van der Waals surface area contributed by atoms with E-state index in [1.165, 1.54) is 44.9 Å². The molecule has 0 aromatic carbocycles. The highest BCUT2D eigenvalue weighted by atomic mass is 14.6. The first-order valence-corrected chi connectivity index (χ1v) is 12.3. The number of hydrogen-bond donors (Lipinski definition) is 0. The van der Waals surface area contributed by atoms with Crippen molar-refractivity contribution in [2.24, 2.45) is 46.8 Å². The molecule has 0 saturated heterocycles. The fourth-order valence-electron chi connectivity index (χ4n) is 7.96. The van der Waals surface area contributed by atoms with Gasteiger partial charge in [-0.2, -0.15) is 0 Å². The minimum Gasteiger partial charge on any atom is -0.120 e. The summed E-state index contributed by atoms with van der Waals surface area (Å²) in [6.45, 7) is 14.5. The quantitative estimate of drug-likeness (QED) is 0.425. The molecule has 0 bridgehead atoms. The number of fused-ring (bicyclic) bond motifs is 5. The van der Waals surface area contributed by atoms with Crippen LogP contribution >= 0.6 is 0 Å². The van der Waals surface area contributed by atoms with Crippen molar-refractivity contribution in [3.8, 4) is 12.3 Å². The summed E-state index contributed by atoms with van der Waals surface area (Å²) in [5.74, 6) is 9.04. The molecule has 0 nitrogen and oxygen atoms in total. The van der Waals surface area contributed by atoms with Gasteiger partial charge in [-0.15, -0.1) is 12.3 Å². The van der Waals surface area contributed by atoms with Crippen LogP contribution in [0.2, 0.25) is 0 Å². The minimum atomic E-state index is 0.657. The van der Waals surface area contributed by atoms with Crippen LogP contribution in [0, 0.1) is 59.2 Å². The van der Waals surface area contributed by atoms with E-state index in [-0.39, 0.29) is 0 Å². The van der Waals surface area contributed by atoms with E-state index in [1.807, 2.05) is 6.92 Å². The lowest BCUT2D eigenvalue weighted by Gasteiger charge is -2.55. The molecular weight excluding hydrogens is 336 g/mol. The van der Waals surface area contributed by atoms with Crippen molar-refractivity contribution in [3.05, 3.63) is 23.3 Å². The topological polar surface area (TPSA) is 0 Å². The van der Waals surface area contributed by atoms with E-state index in [0.717, 1.165) is 47.8 Å². The molecule has 0 aromatic heterocycles. The average molecular weight is 381 g/mol. The molecule has 8 atom stereocenters. The predicted octanol–water partition coefficient (Wildman–Crippen LogP) is 8.05. The Hall–Kier alpha value is -0.960. The Morgan fingerprint density at radius 1 is 1.07 bits per heavy atom. The van der Waals surface area contributed by atoms with Gasteiger partial charge >= 0.3 is 0 Å². The van der Waals surface area contributed by atoms with Crippen molar-refractivity contribution >= 4 is 0 Å². The second-order valence-corrected chi connectivity index (χ2v) is 10.3. The van der Waals surface area contributed by atoms with Gasteiger partial charge in [0, 0.05) is 6.42 Å². The second-order valence-electron chi connectivity index (χ2n) is 10.3. The Kier molecular flexibility index (Phi) is 6.84. The molecule has 0 spiro atoms. The molecule has 2 saturated carbocycles. The summed E-state index contributed by atoms with van der Waals surface area (Å²) in [6, 6.07) is 0. The third-order valence-corrected chi connectivity index (χ3v) is 9.74. The highest BCUT2D eigenvalue weighted by molar-refractivity contribution is 5.33. The first kappa shape index (κ1) is 21.7. The zero-order valence-electron chi connectivity index (χ0n) is 19.4. The van der Waals surface area contributed by atoms with Gasteiger partial charge in [-0.05, 0) is 97.4 Å². The molecule has 28 heavy (non-hydrogen) atoms. The molecule has 4 rings (SSSR count). The average Bonchev–Trinajstić information content (AvgIpc) is 2.94. The first-order chi connectivity index (χ1) is 13.4.